The molecule has 0 aliphatic carbocycles. The summed E-state index contributed by atoms with van der Waals surface area (Å²) in [4.78, 5) is 1.06. The topological polar surface area (TPSA) is 64.7 Å². The molecule has 0 radical (unpaired) electrons. The van der Waals surface area contributed by atoms with Gasteiger partial charge in [-0.15, -0.1) is 11.3 Å². The number of hydrogen-bond acceptors (Lipinski definition) is 5. The lowest BCUT2D eigenvalue weighted by molar-refractivity contribution is 0.144. The number of hydrogen-bond donors (Lipinski definition) is 2. The van der Waals surface area contributed by atoms with Crippen molar-refractivity contribution in [2.24, 2.45) is 5.73 Å². The van der Waals surface area contributed by atoms with Gasteiger partial charge in [-0.1, -0.05) is 6.07 Å². The number of thiophene rings is 1. The Labute approximate surface area is 122 Å². The van der Waals surface area contributed by atoms with Gasteiger partial charge in [0.25, 0.3) is 0 Å². The summed E-state index contributed by atoms with van der Waals surface area (Å²) in [7, 11) is 3.18. The summed E-state index contributed by atoms with van der Waals surface area (Å²) < 4.78 is 10.5. The van der Waals surface area contributed by atoms with Crippen molar-refractivity contribution < 1.29 is 14.6 Å². The highest BCUT2D eigenvalue weighted by atomic mass is 32.1. The Kier molecular flexibility index (Phi) is 5.00. The number of nitrogens with two attached hydrogens (primary N) is 1. The molecule has 0 aliphatic heterocycles. The molecule has 1 aromatic heterocycles. The minimum Gasteiger partial charge on any atom is -0.497 e. The van der Waals surface area contributed by atoms with E-state index in [-0.39, 0.29) is 5.92 Å². The minimum atomic E-state index is -0.733. The van der Waals surface area contributed by atoms with E-state index < -0.39 is 6.10 Å². The zero-order valence-electron chi connectivity index (χ0n) is 11.6. The van der Waals surface area contributed by atoms with E-state index in [1.54, 1.807) is 43.8 Å². The standard InChI is InChI=1S/C15H19NO3S/c1-18-10-5-6-13(19-2)11(8-10)15(17)12(9-16)14-4-3-7-20-14/h3-8,12,15,17H,9,16H2,1-2H3. The lowest BCUT2D eigenvalue weighted by atomic mass is 9.93. The molecule has 20 heavy (non-hydrogen) atoms. The molecular weight excluding hydrogens is 274 g/mol. The molecule has 2 rings (SSSR count). The van der Waals surface area contributed by atoms with Gasteiger partial charge < -0.3 is 20.3 Å². The van der Waals surface area contributed by atoms with Gasteiger partial charge in [0.15, 0.2) is 0 Å². The third kappa shape index (κ3) is 2.95. The van der Waals surface area contributed by atoms with Crippen LogP contribution in [0.15, 0.2) is 35.7 Å². The van der Waals surface area contributed by atoms with Crippen molar-refractivity contribution in [3.05, 3.63) is 46.2 Å². The van der Waals surface area contributed by atoms with E-state index in [1.165, 1.54) is 0 Å². The molecule has 0 saturated heterocycles. The zero-order valence-corrected chi connectivity index (χ0v) is 12.4. The molecule has 0 saturated carbocycles. The van der Waals surface area contributed by atoms with Crippen LogP contribution in [0.2, 0.25) is 0 Å². The maximum Gasteiger partial charge on any atom is 0.124 e. The average molecular weight is 293 g/mol. The molecule has 108 valence electrons. The summed E-state index contributed by atoms with van der Waals surface area (Å²) in [5.41, 5.74) is 6.53. The Bertz CT molecular complexity index is 542. The van der Waals surface area contributed by atoms with E-state index in [1.807, 2.05) is 17.5 Å². The van der Waals surface area contributed by atoms with Crippen LogP contribution in [0.5, 0.6) is 11.5 Å². The molecule has 3 N–H and O–H groups in total. The maximum absolute atomic E-state index is 10.7. The summed E-state index contributed by atoms with van der Waals surface area (Å²) in [5.74, 6) is 1.16. The van der Waals surface area contributed by atoms with Gasteiger partial charge in [0.1, 0.15) is 11.5 Å². The molecule has 0 spiro atoms. The summed E-state index contributed by atoms with van der Waals surface area (Å²) in [6.45, 7) is 0.363. The normalized spacial score (nSPS) is 13.8. The lowest BCUT2D eigenvalue weighted by Crippen LogP contribution is -2.19. The molecule has 0 aliphatic rings. The summed E-state index contributed by atoms with van der Waals surface area (Å²) in [6, 6.07) is 9.33. The minimum absolute atomic E-state index is 0.156. The van der Waals surface area contributed by atoms with Crippen molar-refractivity contribution in [1.82, 2.24) is 0 Å². The van der Waals surface area contributed by atoms with Gasteiger partial charge in [-0.25, -0.2) is 0 Å². The van der Waals surface area contributed by atoms with Crippen LogP contribution in [0.3, 0.4) is 0 Å². The summed E-state index contributed by atoms with van der Waals surface area (Å²) in [6.07, 6.45) is -0.733. The molecule has 0 amide bonds. The van der Waals surface area contributed by atoms with Crippen molar-refractivity contribution in [2.45, 2.75) is 12.0 Å². The summed E-state index contributed by atoms with van der Waals surface area (Å²) >= 11 is 1.59. The fraction of sp³-hybridized carbons (Fsp3) is 0.333. The molecule has 5 heteroatoms. The van der Waals surface area contributed by atoms with Crippen LogP contribution in [-0.2, 0) is 0 Å². The quantitative estimate of drug-likeness (QED) is 0.859. The van der Waals surface area contributed by atoms with Gasteiger partial charge in [0.05, 0.1) is 20.3 Å². The molecule has 1 aromatic carbocycles. The van der Waals surface area contributed by atoms with Crippen molar-refractivity contribution >= 4 is 11.3 Å². The fourth-order valence-electron chi connectivity index (χ4n) is 2.19. The van der Waals surface area contributed by atoms with Crippen LogP contribution >= 0.6 is 11.3 Å². The van der Waals surface area contributed by atoms with Gasteiger partial charge in [-0.3, -0.25) is 0 Å². The largest absolute Gasteiger partial charge is 0.497 e. The second-order valence-electron chi connectivity index (χ2n) is 4.41. The molecule has 4 nitrogen and oxygen atoms in total. The van der Waals surface area contributed by atoms with Crippen LogP contribution in [0.25, 0.3) is 0 Å². The third-order valence-electron chi connectivity index (χ3n) is 3.30. The second kappa shape index (κ2) is 6.74. The highest BCUT2D eigenvalue weighted by Crippen LogP contribution is 2.38. The number of aliphatic hydroxyl groups is 1. The molecule has 1 heterocycles. The van der Waals surface area contributed by atoms with E-state index in [9.17, 15) is 5.11 Å². The first-order valence-electron chi connectivity index (χ1n) is 6.34. The number of ether oxygens (including phenoxy) is 2. The van der Waals surface area contributed by atoms with Gasteiger partial charge in [-0.2, -0.15) is 0 Å². The first-order chi connectivity index (χ1) is 9.71. The van der Waals surface area contributed by atoms with Gasteiger partial charge in [0.2, 0.25) is 0 Å². The lowest BCUT2D eigenvalue weighted by Gasteiger charge is -2.23. The van der Waals surface area contributed by atoms with Crippen molar-refractivity contribution in [3.63, 3.8) is 0 Å². The first-order valence-corrected chi connectivity index (χ1v) is 7.22. The van der Waals surface area contributed by atoms with Gasteiger partial charge in [0, 0.05) is 22.9 Å². The average Bonchev–Trinajstić information content (AvgIpc) is 3.01. The van der Waals surface area contributed by atoms with Crippen LogP contribution in [-0.4, -0.2) is 25.9 Å². The van der Waals surface area contributed by atoms with Crippen LogP contribution in [0.1, 0.15) is 22.5 Å². The van der Waals surface area contributed by atoms with Gasteiger partial charge >= 0.3 is 0 Å². The van der Waals surface area contributed by atoms with Crippen molar-refractivity contribution in [2.75, 3.05) is 20.8 Å². The molecular formula is C15H19NO3S. The second-order valence-corrected chi connectivity index (χ2v) is 5.39. The van der Waals surface area contributed by atoms with Crippen LogP contribution in [0.4, 0.5) is 0 Å². The zero-order chi connectivity index (χ0) is 14.5. The summed E-state index contributed by atoms with van der Waals surface area (Å²) in [5, 5.41) is 12.7. The Morgan fingerprint density at radius 1 is 1.25 bits per heavy atom. The molecule has 0 bridgehead atoms. The Balaban J connectivity index is 2.38. The highest BCUT2D eigenvalue weighted by Gasteiger charge is 2.25. The Morgan fingerprint density at radius 2 is 2.05 bits per heavy atom. The van der Waals surface area contributed by atoms with E-state index in [0.29, 0.717) is 23.6 Å². The predicted molar refractivity (Wildman–Crippen MR) is 80.6 cm³/mol. The van der Waals surface area contributed by atoms with E-state index in [4.69, 9.17) is 15.2 Å². The Morgan fingerprint density at radius 3 is 2.60 bits per heavy atom. The van der Waals surface area contributed by atoms with Crippen LogP contribution < -0.4 is 15.2 Å². The first kappa shape index (κ1) is 14.8. The number of aliphatic hydroxyl groups excluding tert-OH is 1. The fourth-order valence-corrected chi connectivity index (χ4v) is 3.06. The van der Waals surface area contributed by atoms with E-state index in [2.05, 4.69) is 0 Å². The van der Waals surface area contributed by atoms with E-state index in [0.717, 1.165) is 4.88 Å². The maximum atomic E-state index is 10.7. The van der Waals surface area contributed by atoms with Crippen molar-refractivity contribution in [3.8, 4) is 11.5 Å². The van der Waals surface area contributed by atoms with Crippen molar-refractivity contribution in [1.29, 1.82) is 0 Å². The third-order valence-corrected chi connectivity index (χ3v) is 4.30. The number of methoxy groups -OCH3 is 2. The smallest absolute Gasteiger partial charge is 0.124 e. The predicted octanol–water partition coefficient (Wildman–Crippen LogP) is 2.54. The van der Waals surface area contributed by atoms with Crippen LogP contribution in [0, 0.1) is 0 Å². The van der Waals surface area contributed by atoms with E-state index >= 15 is 0 Å². The molecule has 2 unspecified atom stereocenters. The number of rotatable bonds is 6. The SMILES string of the molecule is COc1ccc(OC)c(C(O)C(CN)c2cccs2)c1. The Hall–Kier alpha value is -1.56. The molecule has 2 atom stereocenters. The monoisotopic (exact) mass is 293 g/mol. The van der Waals surface area contributed by atoms with Gasteiger partial charge in [-0.05, 0) is 29.6 Å². The molecule has 2 aromatic rings. The number of benzene rings is 1. The highest BCUT2D eigenvalue weighted by molar-refractivity contribution is 7.10. The molecule has 0 fully saturated rings.